The quantitative estimate of drug-likeness (QED) is 0.634. The zero-order valence-corrected chi connectivity index (χ0v) is 16.6. The highest BCUT2D eigenvalue weighted by Gasteiger charge is 2.42. The Morgan fingerprint density at radius 3 is 2.52 bits per heavy atom. The van der Waals surface area contributed by atoms with Crippen molar-refractivity contribution in [2.24, 2.45) is 11.5 Å². The first kappa shape index (κ1) is 19.7. The summed E-state index contributed by atoms with van der Waals surface area (Å²) in [5.74, 6) is 0.627. The molecule has 0 radical (unpaired) electrons. The zero-order valence-electron chi connectivity index (χ0n) is 15.8. The van der Waals surface area contributed by atoms with Crippen molar-refractivity contribution < 1.29 is 13.9 Å². The topological polar surface area (TPSA) is 70.5 Å². The number of halogens is 2. The number of rotatable bonds is 6. The van der Waals surface area contributed by atoms with Gasteiger partial charge in [-0.3, -0.25) is 0 Å². The van der Waals surface area contributed by atoms with E-state index in [2.05, 4.69) is 0 Å². The van der Waals surface area contributed by atoms with Crippen molar-refractivity contribution in [2.75, 3.05) is 19.7 Å². The van der Waals surface area contributed by atoms with Gasteiger partial charge in [0.2, 0.25) is 0 Å². The molecule has 6 heteroatoms. The number of nitrogens with two attached hydrogens (primary N) is 2. The van der Waals surface area contributed by atoms with E-state index in [1.807, 2.05) is 36.4 Å². The lowest BCUT2D eigenvalue weighted by atomic mass is 9.86. The molecule has 1 aliphatic heterocycles. The lowest BCUT2D eigenvalue weighted by Crippen LogP contribution is -2.39. The van der Waals surface area contributed by atoms with Crippen LogP contribution in [0.2, 0.25) is 5.02 Å². The van der Waals surface area contributed by atoms with Gasteiger partial charge in [0.25, 0.3) is 0 Å². The van der Waals surface area contributed by atoms with Gasteiger partial charge >= 0.3 is 0 Å². The minimum absolute atomic E-state index is 0.274. The largest absolute Gasteiger partial charge is 0.492 e. The molecule has 0 unspecified atom stereocenters. The summed E-state index contributed by atoms with van der Waals surface area (Å²) in [7, 11) is 0. The molecule has 0 amide bonds. The first-order valence-corrected chi connectivity index (χ1v) is 9.85. The molecular formula is C23H22ClFN2O2. The normalized spacial score (nSPS) is 17.7. The highest BCUT2D eigenvalue weighted by molar-refractivity contribution is 6.33. The molecule has 4 N–H and O–H groups in total. The maximum atomic E-state index is 15.0. The molecule has 1 atom stereocenters. The Labute approximate surface area is 174 Å². The van der Waals surface area contributed by atoms with E-state index in [9.17, 15) is 4.39 Å². The Morgan fingerprint density at radius 2 is 1.79 bits per heavy atom. The van der Waals surface area contributed by atoms with Crippen LogP contribution in [-0.4, -0.2) is 19.7 Å². The SMILES string of the molecule is NCCOc1cccc(F)c1-c1c(Cl)ccc2c1C[C@](CN)(c1ccccc1)O2. The summed E-state index contributed by atoms with van der Waals surface area (Å²) >= 11 is 6.57. The van der Waals surface area contributed by atoms with Crippen molar-refractivity contribution in [2.45, 2.75) is 12.0 Å². The van der Waals surface area contributed by atoms with Crippen molar-refractivity contribution in [1.82, 2.24) is 0 Å². The fourth-order valence-corrected chi connectivity index (χ4v) is 4.12. The number of benzene rings is 3. The summed E-state index contributed by atoms with van der Waals surface area (Å²) in [6.45, 7) is 0.872. The molecule has 0 saturated carbocycles. The van der Waals surface area contributed by atoms with Crippen LogP contribution >= 0.6 is 11.6 Å². The van der Waals surface area contributed by atoms with E-state index in [0.29, 0.717) is 40.6 Å². The number of hydrogen-bond acceptors (Lipinski definition) is 4. The van der Waals surface area contributed by atoms with E-state index in [0.717, 1.165) is 11.1 Å². The maximum Gasteiger partial charge on any atom is 0.150 e. The minimum Gasteiger partial charge on any atom is -0.492 e. The van der Waals surface area contributed by atoms with Crippen LogP contribution < -0.4 is 20.9 Å². The summed E-state index contributed by atoms with van der Waals surface area (Å²) in [6, 6.07) is 18.0. The van der Waals surface area contributed by atoms with Gasteiger partial charge in [-0.25, -0.2) is 4.39 Å². The molecule has 4 nitrogen and oxygen atoms in total. The van der Waals surface area contributed by atoms with E-state index in [1.165, 1.54) is 6.07 Å². The minimum atomic E-state index is -0.730. The highest BCUT2D eigenvalue weighted by atomic mass is 35.5. The van der Waals surface area contributed by atoms with Crippen LogP contribution in [0.25, 0.3) is 11.1 Å². The summed E-state index contributed by atoms with van der Waals surface area (Å²) in [5, 5.41) is 0.427. The number of ether oxygens (including phenoxy) is 2. The van der Waals surface area contributed by atoms with Crippen molar-refractivity contribution >= 4 is 11.6 Å². The predicted octanol–water partition coefficient (Wildman–Crippen LogP) is 4.27. The van der Waals surface area contributed by atoms with Gasteiger partial charge in [0.1, 0.15) is 23.9 Å². The molecule has 0 spiro atoms. The monoisotopic (exact) mass is 412 g/mol. The highest BCUT2D eigenvalue weighted by Crippen LogP contribution is 2.49. The van der Waals surface area contributed by atoms with E-state index in [-0.39, 0.29) is 13.2 Å². The third-order valence-corrected chi connectivity index (χ3v) is 5.53. The summed E-state index contributed by atoms with van der Waals surface area (Å²) in [5.41, 5.74) is 13.7. The molecule has 0 aliphatic carbocycles. The third-order valence-electron chi connectivity index (χ3n) is 5.22. The average molecular weight is 413 g/mol. The van der Waals surface area contributed by atoms with Crippen LogP contribution in [-0.2, 0) is 12.0 Å². The van der Waals surface area contributed by atoms with Crippen LogP contribution in [0, 0.1) is 5.82 Å². The Balaban J connectivity index is 1.87. The third kappa shape index (κ3) is 3.46. The van der Waals surface area contributed by atoms with Gasteiger partial charge in [0, 0.05) is 35.7 Å². The van der Waals surface area contributed by atoms with E-state index in [1.54, 1.807) is 18.2 Å². The zero-order chi connectivity index (χ0) is 20.4. The van der Waals surface area contributed by atoms with Gasteiger partial charge < -0.3 is 20.9 Å². The number of hydrogen-bond donors (Lipinski definition) is 2. The Kier molecular flexibility index (Phi) is 5.46. The lowest BCUT2D eigenvalue weighted by Gasteiger charge is -2.27. The molecule has 3 aromatic carbocycles. The maximum absolute atomic E-state index is 15.0. The van der Waals surface area contributed by atoms with E-state index >= 15 is 0 Å². The van der Waals surface area contributed by atoms with Gasteiger partial charge in [0.05, 0.1) is 5.56 Å². The van der Waals surface area contributed by atoms with Crippen molar-refractivity contribution in [3.8, 4) is 22.6 Å². The molecule has 1 heterocycles. The second-order valence-electron chi connectivity index (χ2n) is 6.99. The first-order chi connectivity index (χ1) is 14.1. The fourth-order valence-electron chi connectivity index (χ4n) is 3.84. The van der Waals surface area contributed by atoms with Gasteiger partial charge in [-0.1, -0.05) is 48.0 Å². The molecule has 3 aromatic rings. The molecule has 29 heavy (non-hydrogen) atoms. The van der Waals surface area contributed by atoms with Crippen LogP contribution in [0.3, 0.4) is 0 Å². The Bertz CT molecular complexity index is 1030. The Hall–Kier alpha value is -2.60. The molecule has 4 rings (SSSR count). The van der Waals surface area contributed by atoms with Crippen LogP contribution in [0.1, 0.15) is 11.1 Å². The Morgan fingerprint density at radius 1 is 1.00 bits per heavy atom. The van der Waals surface area contributed by atoms with Crippen LogP contribution in [0.15, 0.2) is 60.7 Å². The molecule has 0 aromatic heterocycles. The van der Waals surface area contributed by atoms with E-state index < -0.39 is 11.4 Å². The van der Waals surface area contributed by atoms with Crippen molar-refractivity contribution in [3.63, 3.8) is 0 Å². The van der Waals surface area contributed by atoms with Gasteiger partial charge in [0.15, 0.2) is 5.60 Å². The van der Waals surface area contributed by atoms with Crippen LogP contribution in [0.5, 0.6) is 11.5 Å². The molecular weight excluding hydrogens is 391 g/mol. The van der Waals surface area contributed by atoms with Crippen molar-refractivity contribution in [3.05, 3.63) is 82.6 Å². The molecule has 1 aliphatic rings. The average Bonchev–Trinajstić information content (AvgIpc) is 3.14. The van der Waals surface area contributed by atoms with Crippen LogP contribution in [0.4, 0.5) is 4.39 Å². The summed E-state index contributed by atoms with van der Waals surface area (Å²) < 4.78 is 27.0. The van der Waals surface area contributed by atoms with Gasteiger partial charge in [-0.05, 0) is 29.8 Å². The lowest BCUT2D eigenvalue weighted by molar-refractivity contribution is 0.103. The number of fused-ring (bicyclic) bond motifs is 1. The summed E-state index contributed by atoms with van der Waals surface area (Å²) in [4.78, 5) is 0. The summed E-state index contributed by atoms with van der Waals surface area (Å²) in [6.07, 6.45) is 0.476. The standard InChI is InChI=1S/C23H22ClFN2O2/c24-17-9-10-19-16(13-23(14-27,29-19)15-5-2-1-3-6-15)21(17)22-18(25)7-4-8-20(22)28-12-11-26/h1-10H,11-14,26-27H2/t23-/m0/s1. The van der Waals surface area contributed by atoms with E-state index in [4.69, 9.17) is 32.5 Å². The first-order valence-electron chi connectivity index (χ1n) is 9.47. The fraction of sp³-hybridized carbons (Fsp3) is 0.217. The van der Waals surface area contributed by atoms with Gasteiger partial charge in [-0.2, -0.15) is 0 Å². The van der Waals surface area contributed by atoms with Crippen molar-refractivity contribution in [1.29, 1.82) is 0 Å². The molecule has 0 bridgehead atoms. The second kappa shape index (κ2) is 8.03. The molecule has 0 saturated heterocycles. The van der Waals surface area contributed by atoms with Gasteiger partial charge in [-0.15, -0.1) is 0 Å². The molecule has 0 fully saturated rings. The predicted molar refractivity (Wildman–Crippen MR) is 113 cm³/mol. The second-order valence-corrected chi connectivity index (χ2v) is 7.40. The molecule has 150 valence electrons. The smallest absolute Gasteiger partial charge is 0.150 e.